The number of nitrogens with zero attached hydrogens (tertiary/aromatic N) is 3. The van der Waals surface area contributed by atoms with Crippen LogP contribution in [0.3, 0.4) is 0 Å². The summed E-state index contributed by atoms with van der Waals surface area (Å²) in [6.07, 6.45) is -3.68. The van der Waals surface area contributed by atoms with Crippen LogP contribution in [0.25, 0.3) is 0 Å². The molecule has 0 aliphatic rings. The summed E-state index contributed by atoms with van der Waals surface area (Å²) in [4.78, 5) is 29.4. The molecule has 0 aliphatic heterocycles. The van der Waals surface area contributed by atoms with Gasteiger partial charge in [0.1, 0.15) is 5.69 Å². The Morgan fingerprint density at radius 2 is 2.08 bits per heavy atom. The van der Waals surface area contributed by atoms with Gasteiger partial charge >= 0.3 is 6.18 Å². The van der Waals surface area contributed by atoms with Gasteiger partial charge in [0, 0.05) is 18.3 Å². The minimum Gasteiger partial charge on any atom is -0.324 e. The number of alkyl halides is 3. The van der Waals surface area contributed by atoms with Crippen LogP contribution in [0, 0.1) is 10.1 Å². The van der Waals surface area contributed by atoms with E-state index in [1.165, 1.54) is 19.1 Å². The van der Waals surface area contributed by atoms with Crippen LogP contribution in [-0.2, 0) is 11.0 Å². The van der Waals surface area contributed by atoms with E-state index in [0.29, 0.717) is 11.8 Å². The summed E-state index contributed by atoms with van der Waals surface area (Å²) in [6, 6.07) is 4.23. The number of amides is 1. The normalized spacial score (nSPS) is 12.5. The maximum Gasteiger partial charge on any atom is 0.433 e. The fraction of sp³-hybridized carbons (Fsp3) is 0.214. The lowest BCUT2D eigenvalue weighted by Gasteiger charge is -2.13. The Labute approximate surface area is 154 Å². The highest BCUT2D eigenvalue weighted by Crippen LogP contribution is 2.30. The molecule has 12 heteroatoms. The Hall–Kier alpha value is -2.40. The molecule has 0 aliphatic carbocycles. The molecule has 0 saturated carbocycles. The lowest BCUT2D eigenvalue weighted by molar-refractivity contribution is -0.384. The molecule has 7 nitrogen and oxygen atoms in total. The highest BCUT2D eigenvalue weighted by Gasteiger charge is 2.33. The largest absolute Gasteiger partial charge is 0.433 e. The molecule has 1 N–H and O–H groups in total. The second kappa shape index (κ2) is 7.87. The van der Waals surface area contributed by atoms with Gasteiger partial charge < -0.3 is 5.32 Å². The number of thioether (sulfide) groups is 1. The van der Waals surface area contributed by atoms with E-state index in [0.717, 1.165) is 18.3 Å². The van der Waals surface area contributed by atoms with E-state index in [1.807, 2.05) is 0 Å². The first-order chi connectivity index (χ1) is 12.1. The van der Waals surface area contributed by atoms with E-state index >= 15 is 0 Å². The third kappa shape index (κ3) is 5.05. The number of hydrogen-bond donors (Lipinski definition) is 1. The third-order valence-corrected chi connectivity index (χ3v) is 4.30. The number of anilines is 1. The maximum absolute atomic E-state index is 12.7. The van der Waals surface area contributed by atoms with Crippen LogP contribution in [0.4, 0.5) is 24.5 Å². The lowest BCUT2D eigenvalue weighted by Crippen LogP contribution is -2.23. The summed E-state index contributed by atoms with van der Waals surface area (Å²) in [6.45, 7) is 1.43. The molecule has 138 valence electrons. The van der Waals surface area contributed by atoms with Gasteiger partial charge in [-0.25, -0.2) is 9.97 Å². The monoisotopic (exact) mass is 406 g/mol. The van der Waals surface area contributed by atoms with Crippen molar-refractivity contribution in [3.05, 3.63) is 51.3 Å². The van der Waals surface area contributed by atoms with Gasteiger partial charge in [-0.3, -0.25) is 14.9 Å². The number of halogens is 4. The third-order valence-electron chi connectivity index (χ3n) is 2.99. The van der Waals surface area contributed by atoms with Gasteiger partial charge in [-0.1, -0.05) is 23.4 Å². The standard InChI is InChI=1S/C14H10ClF3N4O3S/c1-7(26-13-19-5-4-11(21-13)14(16,17)18)12(23)20-10-6-8(22(24)25)2-3-9(10)15/h2-7H,1H3,(H,20,23). The van der Waals surface area contributed by atoms with Gasteiger partial charge in [-0.05, 0) is 19.1 Å². The Morgan fingerprint density at radius 1 is 1.38 bits per heavy atom. The van der Waals surface area contributed by atoms with Crippen molar-refractivity contribution in [1.29, 1.82) is 0 Å². The fourth-order valence-corrected chi connectivity index (χ4v) is 2.64. The van der Waals surface area contributed by atoms with E-state index < -0.39 is 28.0 Å². The Bertz CT molecular complexity index is 850. The maximum atomic E-state index is 12.7. The van der Waals surface area contributed by atoms with E-state index in [1.54, 1.807) is 0 Å². The average Bonchev–Trinajstić information content (AvgIpc) is 2.56. The second-order valence-electron chi connectivity index (χ2n) is 4.89. The summed E-state index contributed by atoms with van der Waals surface area (Å²) < 4.78 is 38.0. The number of aromatic nitrogens is 2. The van der Waals surface area contributed by atoms with Gasteiger partial charge in [-0.15, -0.1) is 0 Å². The zero-order valence-corrected chi connectivity index (χ0v) is 14.5. The first-order valence-electron chi connectivity index (χ1n) is 6.89. The number of nitrogens with one attached hydrogen (secondary N) is 1. The molecule has 1 aromatic heterocycles. The Balaban J connectivity index is 2.11. The number of carbonyl (C=O) groups excluding carboxylic acids is 1. The van der Waals surface area contributed by atoms with Crippen LogP contribution in [-0.4, -0.2) is 26.0 Å². The summed E-state index contributed by atoms with van der Waals surface area (Å²) in [5.74, 6) is -0.626. The lowest BCUT2D eigenvalue weighted by atomic mass is 10.2. The zero-order chi connectivity index (χ0) is 19.5. The van der Waals surface area contributed by atoms with Crippen LogP contribution in [0.2, 0.25) is 5.02 Å². The molecule has 0 saturated heterocycles. The summed E-state index contributed by atoms with van der Waals surface area (Å²) >= 11 is 6.59. The highest BCUT2D eigenvalue weighted by atomic mass is 35.5. The topological polar surface area (TPSA) is 98.0 Å². The number of carbonyl (C=O) groups is 1. The number of nitro groups is 1. The molecule has 1 aromatic carbocycles. The van der Waals surface area contributed by atoms with Crippen molar-refractivity contribution in [2.75, 3.05) is 5.32 Å². The Morgan fingerprint density at radius 3 is 2.69 bits per heavy atom. The summed E-state index contributed by atoms with van der Waals surface area (Å²) in [5.41, 5.74) is -1.38. The minimum atomic E-state index is -4.62. The molecule has 0 fully saturated rings. The molecule has 0 spiro atoms. The van der Waals surface area contributed by atoms with Crippen molar-refractivity contribution in [2.24, 2.45) is 0 Å². The fourth-order valence-electron chi connectivity index (χ4n) is 1.72. The minimum absolute atomic E-state index is 0.0169. The zero-order valence-electron chi connectivity index (χ0n) is 13.0. The number of nitro benzene ring substituents is 1. The molecule has 1 unspecified atom stereocenters. The molecular weight excluding hydrogens is 397 g/mol. The van der Waals surface area contributed by atoms with Crippen molar-refractivity contribution in [3.63, 3.8) is 0 Å². The number of hydrogen-bond acceptors (Lipinski definition) is 6. The number of non-ortho nitro benzene ring substituents is 1. The molecule has 1 amide bonds. The second-order valence-corrected chi connectivity index (χ2v) is 6.61. The molecule has 1 atom stereocenters. The van der Waals surface area contributed by atoms with Gasteiger partial charge in [0.25, 0.3) is 5.69 Å². The Kier molecular flexibility index (Phi) is 6.03. The predicted octanol–water partition coefficient (Wildman–Crippen LogP) is 4.18. The van der Waals surface area contributed by atoms with Crippen LogP contribution in [0.15, 0.2) is 35.6 Å². The highest BCUT2D eigenvalue weighted by molar-refractivity contribution is 8.00. The molecule has 26 heavy (non-hydrogen) atoms. The van der Waals surface area contributed by atoms with Crippen molar-refractivity contribution >= 4 is 40.6 Å². The van der Waals surface area contributed by atoms with E-state index in [-0.39, 0.29) is 21.6 Å². The average molecular weight is 407 g/mol. The van der Waals surface area contributed by atoms with Gasteiger partial charge in [0.2, 0.25) is 5.91 Å². The molecule has 2 aromatic rings. The quantitative estimate of drug-likeness (QED) is 0.346. The molecule has 2 rings (SSSR count). The van der Waals surface area contributed by atoms with Crippen LogP contribution in [0.1, 0.15) is 12.6 Å². The molecule has 0 bridgehead atoms. The van der Waals surface area contributed by atoms with Crippen LogP contribution in [0.5, 0.6) is 0 Å². The van der Waals surface area contributed by atoms with Crippen LogP contribution >= 0.6 is 23.4 Å². The summed E-state index contributed by atoms with van der Waals surface area (Å²) in [7, 11) is 0. The van der Waals surface area contributed by atoms with Crippen molar-refractivity contribution in [1.82, 2.24) is 9.97 Å². The molecule has 1 heterocycles. The van der Waals surface area contributed by atoms with Gasteiger partial charge in [-0.2, -0.15) is 13.2 Å². The SMILES string of the molecule is CC(Sc1nccc(C(F)(F)F)n1)C(=O)Nc1cc([N+](=O)[O-])ccc1Cl. The predicted molar refractivity (Wildman–Crippen MR) is 89.1 cm³/mol. The van der Waals surface area contributed by atoms with Crippen molar-refractivity contribution in [2.45, 2.75) is 23.5 Å². The smallest absolute Gasteiger partial charge is 0.324 e. The van der Waals surface area contributed by atoms with E-state index in [4.69, 9.17) is 11.6 Å². The molecular formula is C14H10ClF3N4O3S. The van der Waals surface area contributed by atoms with Crippen LogP contribution < -0.4 is 5.32 Å². The van der Waals surface area contributed by atoms with Gasteiger partial charge in [0.15, 0.2) is 5.16 Å². The summed E-state index contributed by atoms with van der Waals surface area (Å²) in [5, 5.41) is 12.1. The molecule has 0 radical (unpaired) electrons. The number of benzene rings is 1. The number of rotatable bonds is 5. The first kappa shape index (κ1) is 19.9. The van der Waals surface area contributed by atoms with Gasteiger partial charge in [0.05, 0.1) is 20.9 Å². The van der Waals surface area contributed by atoms with E-state index in [2.05, 4.69) is 15.3 Å². The first-order valence-corrected chi connectivity index (χ1v) is 8.15. The van der Waals surface area contributed by atoms with Crippen molar-refractivity contribution < 1.29 is 22.9 Å². The van der Waals surface area contributed by atoms with Crippen molar-refractivity contribution in [3.8, 4) is 0 Å². The van der Waals surface area contributed by atoms with E-state index in [9.17, 15) is 28.1 Å².